The maximum atomic E-state index is 11.9. The summed E-state index contributed by atoms with van der Waals surface area (Å²) in [5.74, 6) is 1.33. The summed E-state index contributed by atoms with van der Waals surface area (Å²) in [6, 6.07) is 13.9. The maximum Gasteiger partial charge on any atom is 0.200 e. The van der Waals surface area contributed by atoms with Crippen molar-refractivity contribution in [2.45, 2.75) is 6.92 Å². The molecular formula is C16H15ClO3. The Morgan fingerprint density at radius 1 is 0.950 bits per heavy atom. The van der Waals surface area contributed by atoms with Crippen LogP contribution >= 0.6 is 11.6 Å². The van der Waals surface area contributed by atoms with Crippen molar-refractivity contribution in [1.82, 2.24) is 0 Å². The number of Topliss-reactive ketones (excluding diaryl/α,β-unsaturated/α-hetero) is 1. The van der Waals surface area contributed by atoms with Crippen molar-refractivity contribution < 1.29 is 14.3 Å². The van der Waals surface area contributed by atoms with Gasteiger partial charge in [0.2, 0.25) is 0 Å². The van der Waals surface area contributed by atoms with E-state index in [1.165, 1.54) is 0 Å². The van der Waals surface area contributed by atoms with Crippen LogP contribution in [0.4, 0.5) is 0 Å². The van der Waals surface area contributed by atoms with Crippen LogP contribution in [0.3, 0.4) is 0 Å². The summed E-state index contributed by atoms with van der Waals surface area (Å²) in [6.45, 7) is 2.54. The van der Waals surface area contributed by atoms with Gasteiger partial charge in [-0.25, -0.2) is 0 Å². The van der Waals surface area contributed by atoms with Gasteiger partial charge in [0, 0.05) is 10.6 Å². The molecule has 0 aliphatic carbocycles. The first kappa shape index (κ1) is 14.4. The number of ether oxygens (including phenoxy) is 2. The van der Waals surface area contributed by atoms with Gasteiger partial charge in [0.1, 0.15) is 11.5 Å². The average Bonchev–Trinajstić information content (AvgIpc) is 2.47. The monoisotopic (exact) mass is 290 g/mol. The van der Waals surface area contributed by atoms with E-state index in [-0.39, 0.29) is 12.4 Å². The molecule has 0 spiro atoms. The molecular weight excluding hydrogens is 276 g/mol. The van der Waals surface area contributed by atoms with Gasteiger partial charge in [0.15, 0.2) is 12.4 Å². The summed E-state index contributed by atoms with van der Waals surface area (Å²) in [7, 11) is 0. The number of carbonyl (C=O) groups excluding carboxylic acids is 1. The smallest absolute Gasteiger partial charge is 0.200 e. The molecule has 4 heteroatoms. The Labute approximate surface area is 123 Å². The van der Waals surface area contributed by atoms with E-state index in [0.717, 1.165) is 5.75 Å². The van der Waals surface area contributed by atoms with Crippen LogP contribution in [0.2, 0.25) is 5.02 Å². The summed E-state index contributed by atoms with van der Waals surface area (Å²) in [5.41, 5.74) is 0.584. The van der Waals surface area contributed by atoms with Gasteiger partial charge in [-0.15, -0.1) is 0 Å². The molecule has 104 valence electrons. The molecule has 0 unspecified atom stereocenters. The van der Waals surface area contributed by atoms with E-state index in [0.29, 0.717) is 22.9 Å². The van der Waals surface area contributed by atoms with Gasteiger partial charge >= 0.3 is 0 Å². The molecule has 0 aliphatic heterocycles. The number of halogens is 1. The van der Waals surface area contributed by atoms with Gasteiger partial charge < -0.3 is 9.47 Å². The quantitative estimate of drug-likeness (QED) is 0.754. The van der Waals surface area contributed by atoms with Gasteiger partial charge in [-0.05, 0) is 55.5 Å². The number of ketones is 1. The lowest BCUT2D eigenvalue weighted by molar-refractivity contribution is 0.0921. The lowest BCUT2D eigenvalue weighted by atomic mass is 10.1. The second kappa shape index (κ2) is 6.96. The van der Waals surface area contributed by atoms with E-state index >= 15 is 0 Å². The molecule has 0 fully saturated rings. The van der Waals surface area contributed by atoms with Crippen molar-refractivity contribution in [3.05, 3.63) is 59.1 Å². The van der Waals surface area contributed by atoms with E-state index in [4.69, 9.17) is 21.1 Å². The van der Waals surface area contributed by atoms with Gasteiger partial charge in [-0.3, -0.25) is 4.79 Å². The lowest BCUT2D eigenvalue weighted by Gasteiger charge is -2.07. The van der Waals surface area contributed by atoms with Crippen molar-refractivity contribution in [3.63, 3.8) is 0 Å². The average molecular weight is 291 g/mol. The first-order valence-corrected chi connectivity index (χ1v) is 6.71. The van der Waals surface area contributed by atoms with Crippen LogP contribution in [0.15, 0.2) is 48.5 Å². The maximum absolute atomic E-state index is 11.9. The first-order valence-electron chi connectivity index (χ1n) is 6.33. The number of benzene rings is 2. The van der Waals surface area contributed by atoms with E-state index in [1.54, 1.807) is 36.4 Å². The Hall–Kier alpha value is -2.00. The molecule has 2 rings (SSSR count). The van der Waals surface area contributed by atoms with Crippen LogP contribution < -0.4 is 9.47 Å². The van der Waals surface area contributed by atoms with Crippen molar-refractivity contribution in [2.24, 2.45) is 0 Å². The Morgan fingerprint density at radius 3 is 2.05 bits per heavy atom. The summed E-state index contributed by atoms with van der Waals surface area (Å²) < 4.78 is 10.8. The molecule has 0 bridgehead atoms. The summed E-state index contributed by atoms with van der Waals surface area (Å²) in [6.07, 6.45) is 0. The Morgan fingerprint density at radius 2 is 1.50 bits per heavy atom. The predicted octanol–water partition coefficient (Wildman–Crippen LogP) is 4.00. The number of carbonyl (C=O) groups is 1. The third-order valence-corrected chi connectivity index (χ3v) is 2.92. The highest BCUT2D eigenvalue weighted by Crippen LogP contribution is 2.18. The topological polar surface area (TPSA) is 35.5 Å². The normalized spacial score (nSPS) is 10.1. The Kier molecular flexibility index (Phi) is 5.02. The molecule has 0 aromatic heterocycles. The molecule has 3 nitrogen and oxygen atoms in total. The number of hydrogen-bond acceptors (Lipinski definition) is 3. The van der Waals surface area contributed by atoms with E-state index in [9.17, 15) is 4.79 Å². The fourth-order valence-electron chi connectivity index (χ4n) is 1.67. The van der Waals surface area contributed by atoms with Crippen molar-refractivity contribution in [3.8, 4) is 11.5 Å². The fraction of sp³-hybridized carbons (Fsp3) is 0.188. The zero-order valence-corrected chi connectivity index (χ0v) is 11.9. The van der Waals surface area contributed by atoms with Gasteiger partial charge in [-0.1, -0.05) is 11.6 Å². The van der Waals surface area contributed by atoms with Crippen LogP contribution in [0.25, 0.3) is 0 Å². The minimum absolute atomic E-state index is 0.00435. The van der Waals surface area contributed by atoms with E-state index in [1.807, 2.05) is 19.1 Å². The number of rotatable bonds is 6. The summed E-state index contributed by atoms with van der Waals surface area (Å²) in [5, 5.41) is 0.606. The van der Waals surface area contributed by atoms with Crippen molar-refractivity contribution in [1.29, 1.82) is 0 Å². The first-order chi connectivity index (χ1) is 9.69. The molecule has 0 heterocycles. The van der Waals surface area contributed by atoms with E-state index in [2.05, 4.69) is 0 Å². The summed E-state index contributed by atoms with van der Waals surface area (Å²) >= 11 is 5.78. The Balaban J connectivity index is 1.91. The van der Waals surface area contributed by atoms with Crippen LogP contribution in [-0.2, 0) is 0 Å². The zero-order chi connectivity index (χ0) is 14.4. The highest BCUT2D eigenvalue weighted by molar-refractivity contribution is 6.30. The Bertz CT molecular complexity index is 561. The molecule has 0 saturated heterocycles. The SMILES string of the molecule is CCOc1ccc(OCC(=O)c2ccc(Cl)cc2)cc1. The van der Waals surface area contributed by atoms with E-state index < -0.39 is 0 Å². The molecule has 0 N–H and O–H groups in total. The minimum Gasteiger partial charge on any atom is -0.494 e. The van der Waals surface area contributed by atoms with Crippen LogP contribution in [0, 0.1) is 0 Å². The van der Waals surface area contributed by atoms with Crippen molar-refractivity contribution in [2.75, 3.05) is 13.2 Å². The largest absolute Gasteiger partial charge is 0.494 e. The lowest BCUT2D eigenvalue weighted by Crippen LogP contribution is -2.11. The van der Waals surface area contributed by atoms with Gasteiger partial charge in [-0.2, -0.15) is 0 Å². The molecule has 2 aromatic rings. The molecule has 0 radical (unpaired) electrons. The molecule has 20 heavy (non-hydrogen) atoms. The molecule has 0 atom stereocenters. The van der Waals surface area contributed by atoms with Crippen molar-refractivity contribution >= 4 is 17.4 Å². The second-order valence-electron chi connectivity index (χ2n) is 4.12. The van der Waals surface area contributed by atoms with Crippen LogP contribution in [0.1, 0.15) is 17.3 Å². The van der Waals surface area contributed by atoms with Gasteiger partial charge in [0.25, 0.3) is 0 Å². The van der Waals surface area contributed by atoms with Gasteiger partial charge in [0.05, 0.1) is 6.61 Å². The third kappa shape index (κ3) is 4.00. The molecule has 2 aromatic carbocycles. The standard InChI is InChI=1S/C16H15ClO3/c1-2-19-14-7-9-15(10-8-14)20-11-16(18)12-3-5-13(17)6-4-12/h3-10H,2,11H2,1H3. The highest BCUT2D eigenvalue weighted by atomic mass is 35.5. The van der Waals surface area contributed by atoms with Crippen LogP contribution in [-0.4, -0.2) is 19.0 Å². The minimum atomic E-state index is -0.0875. The number of hydrogen-bond donors (Lipinski definition) is 0. The summed E-state index contributed by atoms with van der Waals surface area (Å²) in [4.78, 5) is 11.9. The van der Waals surface area contributed by atoms with Crippen LogP contribution in [0.5, 0.6) is 11.5 Å². The predicted molar refractivity (Wildman–Crippen MR) is 78.9 cm³/mol. The fourth-order valence-corrected chi connectivity index (χ4v) is 1.79. The molecule has 0 aliphatic rings. The second-order valence-corrected chi connectivity index (χ2v) is 4.56. The zero-order valence-electron chi connectivity index (χ0n) is 11.1. The molecule has 0 amide bonds. The molecule has 0 saturated carbocycles. The third-order valence-electron chi connectivity index (χ3n) is 2.67. The highest BCUT2D eigenvalue weighted by Gasteiger charge is 2.06.